The van der Waals surface area contributed by atoms with E-state index in [0.29, 0.717) is 23.6 Å². The molecule has 0 spiro atoms. The average Bonchev–Trinajstić information content (AvgIpc) is 3.53. The summed E-state index contributed by atoms with van der Waals surface area (Å²) in [6, 6.07) is 17.6. The molecule has 36 heavy (non-hydrogen) atoms. The topological polar surface area (TPSA) is 89.3 Å². The van der Waals surface area contributed by atoms with Gasteiger partial charge in [0.25, 0.3) is 0 Å². The number of anilines is 1. The van der Waals surface area contributed by atoms with Crippen molar-refractivity contribution in [1.82, 2.24) is 20.3 Å². The second kappa shape index (κ2) is 10.9. The van der Waals surface area contributed by atoms with Crippen LogP contribution in [-0.4, -0.2) is 39.0 Å². The molecule has 0 aliphatic heterocycles. The van der Waals surface area contributed by atoms with Crippen molar-refractivity contribution >= 4 is 39.9 Å². The van der Waals surface area contributed by atoms with Gasteiger partial charge in [0.05, 0.1) is 12.1 Å². The van der Waals surface area contributed by atoms with E-state index in [4.69, 9.17) is 4.74 Å². The zero-order valence-corrected chi connectivity index (χ0v) is 21.8. The molecule has 4 aromatic rings. The van der Waals surface area contributed by atoms with Crippen LogP contribution in [0.15, 0.2) is 66.0 Å². The third kappa shape index (κ3) is 5.57. The van der Waals surface area contributed by atoms with Crippen molar-refractivity contribution in [3.63, 3.8) is 0 Å². The van der Waals surface area contributed by atoms with Crippen LogP contribution in [0.25, 0.3) is 11.0 Å². The molecule has 1 N–H and O–H groups in total. The van der Waals surface area contributed by atoms with Crippen LogP contribution in [0.1, 0.15) is 45.0 Å². The number of nitrogens with one attached hydrogen (secondary N) is 1. The number of carbonyl (C=O) groups excluding carboxylic acids is 2. The Morgan fingerprint density at radius 2 is 1.83 bits per heavy atom. The number of amides is 2. The summed E-state index contributed by atoms with van der Waals surface area (Å²) in [6.45, 7) is 8.35. The minimum Gasteiger partial charge on any atom is -0.494 e. The second-order valence-electron chi connectivity index (χ2n) is 9.07. The van der Waals surface area contributed by atoms with Gasteiger partial charge in [0.2, 0.25) is 11.8 Å². The molecule has 0 radical (unpaired) electrons. The first kappa shape index (κ1) is 25.4. The smallest absolute Gasteiger partial charge is 0.249 e. The van der Waals surface area contributed by atoms with E-state index in [9.17, 15) is 9.59 Å². The Morgan fingerprint density at radius 3 is 2.50 bits per heavy atom. The minimum absolute atomic E-state index is 0.0694. The molecular formula is C27H31N5O3S. The first-order valence-corrected chi connectivity index (χ1v) is 12.9. The molecule has 2 aromatic heterocycles. The fourth-order valence-electron chi connectivity index (χ4n) is 3.86. The lowest BCUT2D eigenvalue weighted by Crippen LogP contribution is -2.50. The highest BCUT2D eigenvalue weighted by Gasteiger charge is 2.36. The van der Waals surface area contributed by atoms with Gasteiger partial charge in [-0.3, -0.25) is 14.5 Å². The number of aromatic nitrogens is 3. The fourth-order valence-corrected chi connectivity index (χ4v) is 4.67. The Kier molecular flexibility index (Phi) is 7.69. The number of benzene rings is 2. The molecule has 0 saturated carbocycles. The molecule has 0 aliphatic rings. The maximum atomic E-state index is 14.0. The molecular weight excluding hydrogens is 474 g/mol. The molecule has 0 fully saturated rings. The molecule has 0 bridgehead atoms. The van der Waals surface area contributed by atoms with Crippen LogP contribution in [0.2, 0.25) is 0 Å². The van der Waals surface area contributed by atoms with Gasteiger partial charge in [0, 0.05) is 16.1 Å². The first-order valence-electron chi connectivity index (χ1n) is 12.0. The lowest BCUT2D eigenvalue weighted by Gasteiger charge is -2.34. The van der Waals surface area contributed by atoms with Crippen molar-refractivity contribution in [3.8, 4) is 5.75 Å². The summed E-state index contributed by atoms with van der Waals surface area (Å²) in [4.78, 5) is 30.1. The summed E-state index contributed by atoms with van der Waals surface area (Å²) in [5.41, 5.74) is 1.62. The van der Waals surface area contributed by atoms with E-state index >= 15 is 0 Å². The number of carbonyl (C=O) groups is 2. The molecule has 2 aromatic carbocycles. The highest BCUT2D eigenvalue weighted by molar-refractivity contribution is 7.10. The van der Waals surface area contributed by atoms with Crippen molar-refractivity contribution in [2.24, 2.45) is 0 Å². The molecule has 2 amide bonds. The molecule has 4 rings (SSSR count). The Bertz CT molecular complexity index is 1310. The average molecular weight is 506 g/mol. The van der Waals surface area contributed by atoms with Gasteiger partial charge in [0.1, 0.15) is 23.9 Å². The Labute approximate surface area is 214 Å². The van der Waals surface area contributed by atoms with Gasteiger partial charge in [-0.15, -0.1) is 16.4 Å². The zero-order valence-electron chi connectivity index (χ0n) is 21.0. The number of thiophene rings is 1. The Balaban J connectivity index is 1.77. The van der Waals surface area contributed by atoms with Crippen LogP contribution < -0.4 is 15.0 Å². The van der Waals surface area contributed by atoms with Crippen LogP contribution >= 0.6 is 11.3 Å². The summed E-state index contributed by atoms with van der Waals surface area (Å²) < 4.78 is 7.16. The van der Waals surface area contributed by atoms with Gasteiger partial charge in [-0.25, -0.2) is 4.68 Å². The maximum Gasteiger partial charge on any atom is 0.249 e. The lowest BCUT2D eigenvalue weighted by molar-refractivity contribution is -0.128. The number of ether oxygens (including phenoxy) is 1. The van der Waals surface area contributed by atoms with Gasteiger partial charge >= 0.3 is 0 Å². The highest BCUT2D eigenvalue weighted by atomic mass is 32.1. The minimum atomic E-state index is -0.851. The molecule has 188 valence electrons. The van der Waals surface area contributed by atoms with E-state index in [0.717, 1.165) is 16.8 Å². The SMILES string of the molecule is CCOc1ccc(N(C(=O)Cn2nnc3ccccc32)[C@@H](C(=O)NC(C)(C)CC)c2cccs2)cc1. The van der Waals surface area contributed by atoms with E-state index in [1.807, 2.05) is 81.6 Å². The summed E-state index contributed by atoms with van der Waals surface area (Å²) >= 11 is 1.44. The number of hydrogen-bond donors (Lipinski definition) is 1. The third-order valence-electron chi connectivity index (χ3n) is 6.06. The fraction of sp³-hybridized carbons (Fsp3) is 0.333. The summed E-state index contributed by atoms with van der Waals surface area (Å²) in [6.07, 6.45) is 0.748. The predicted octanol–water partition coefficient (Wildman–Crippen LogP) is 4.97. The van der Waals surface area contributed by atoms with E-state index in [1.54, 1.807) is 21.7 Å². The quantitative estimate of drug-likeness (QED) is 0.329. The van der Waals surface area contributed by atoms with Crippen LogP contribution in [-0.2, 0) is 16.1 Å². The van der Waals surface area contributed by atoms with Crippen LogP contribution in [0.4, 0.5) is 5.69 Å². The number of nitrogens with zero attached hydrogens (tertiary/aromatic N) is 4. The van der Waals surface area contributed by atoms with Gasteiger partial charge in [-0.2, -0.15) is 0 Å². The Morgan fingerprint density at radius 1 is 1.08 bits per heavy atom. The van der Waals surface area contributed by atoms with Gasteiger partial charge < -0.3 is 10.1 Å². The van der Waals surface area contributed by atoms with Crippen molar-refractivity contribution in [2.45, 2.75) is 52.2 Å². The van der Waals surface area contributed by atoms with E-state index < -0.39 is 11.6 Å². The van der Waals surface area contributed by atoms with Crippen molar-refractivity contribution in [3.05, 3.63) is 70.9 Å². The third-order valence-corrected chi connectivity index (χ3v) is 6.99. The molecule has 1 atom stereocenters. The number of rotatable bonds is 10. The molecule has 0 saturated heterocycles. The van der Waals surface area contributed by atoms with Crippen LogP contribution in [0.3, 0.4) is 0 Å². The highest BCUT2D eigenvalue weighted by Crippen LogP contribution is 2.33. The molecule has 0 aliphatic carbocycles. The Hall–Kier alpha value is -3.72. The molecule has 0 unspecified atom stereocenters. The normalized spacial score (nSPS) is 12.3. The van der Waals surface area contributed by atoms with Gasteiger partial charge in [0.15, 0.2) is 0 Å². The summed E-state index contributed by atoms with van der Waals surface area (Å²) in [5.74, 6) is 0.174. The summed E-state index contributed by atoms with van der Waals surface area (Å²) in [5, 5.41) is 13.4. The van der Waals surface area contributed by atoms with Crippen molar-refractivity contribution < 1.29 is 14.3 Å². The van der Waals surface area contributed by atoms with Crippen LogP contribution in [0.5, 0.6) is 5.75 Å². The molecule has 2 heterocycles. The number of hydrogen-bond acceptors (Lipinski definition) is 6. The first-order chi connectivity index (χ1) is 17.3. The van der Waals surface area contributed by atoms with E-state index in [-0.39, 0.29) is 18.4 Å². The van der Waals surface area contributed by atoms with E-state index in [2.05, 4.69) is 15.6 Å². The van der Waals surface area contributed by atoms with Crippen molar-refractivity contribution in [1.29, 1.82) is 0 Å². The predicted molar refractivity (Wildman–Crippen MR) is 142 cm³/mol. The van der Waals surface area contributed by atoms with E-state index in [1.165, 1.54) is 11.3 Å². The monoisotopic (exact) mass is 505 g/mol. The second-order valence-corrected chi connectivity index (χ2v) is 10.1. The standard InChI is InChI=1S/C27H31N5O3S/c1-5-27(3,4)28-26(34)25(23-12-9-17-36-23)32(19-13-15-20(16-14-19)35-6-2)24(33)18-31-22-11-8-7-10-21(22)29-30-31/h7-17,25H,5-6,18H2,1-4H3,(H,28,34)/t25-/m1/s1. The van der Waals surface area contributed by atoms with Crippen molar-refractivity contribution in [2.75, 3.05) is 11.5 Å². The lowest BCUT2D eigenvalue weighted by atomic mass is 10.0. The zero-order chi connectivity index (χ0) is 25.7. The maximum absolute atomic E-state index is 14.0. The largest absolute Gasteiger partial charge is 0.494 e. The molecule has 9 heteroatoms. The molecule has 8 nitrogen and oxygen atoms in total. The number of para-hydroxylation sites is 1. The number of fused-ring (bicyclic) bond motifs is 1. The van der Waals surface area contributed by atoms with Crippen LogP contribution in [0, 0.1) is 0 Å². The van der Waals surface area contributed by atoms with Gasteiger partial charge in [-0.05, 0) is 75.0 Å². The summed E-state index contributed by atoms with van der Waals surface area (Å²) in [7, 11) is 0. The van der Waals surface area contributed by atoms with Gasteiger partial charge in [-0.1, -0.05) is 30.3 Å².